The Balaban J connectivity index is 1.52. The Kier molecular flexibility index (Phi) is 5.85. The fraction of sp³-hybridized carbons (Fsp3) is 0.0370. The van der Waals surface area contributed by atoms with E-state index in [4.69, 9.17) is 14.3 Å². The van der Waals surface area contributed by atoms with Crippen LogP contribution in [0.2, 0.25) is 0 Å². The van der Waals surface area contributed by atoms with Gasteiger partial charge in [0.1, 0.15) is 34.5 Å². The zero-order valence-electron chi connectivity index (χ0n) is 18.2. The molecule has 5 aromatic rings. The molecule has 0 aliphatic rings. The Morgan fingerprint density at radius 1 is 0.886 bits per heavy atom. The summed E-state index contributed by atoms with van der Waals surface area (Å²) < 4.78 is 38.3. The summed E-state index contributed by atoms with van der Waals surface area (Å²) in [4.78, 5) is 15.4. The van der Waals surface area contributed by atoms with Crippen molar-refractivity contribution < 1.29 is 27.8 Å². The minimum Gasteiger partial charge on any atom is -0.465 e. The highest BCUT2D eigenvalue weighted by Gasteiger charge is 2.15. The summed E-state index contributed by atoms with van der Waals surface area (Å²) in [5.74, 6) is 0.719. The lowest BCUT2D eigenvalue weighted by Crippen LogP contribution is -2.19. The molecular weight excluding hydrogens is 454 g/mol. The fourth-order valence-corrected chi connectivity index (χ4v) is 3.70. The van der Waals surface area contributed by atoms with E-state index in [1.165, 1.54) is 36.4 Å². The molecule has 0 fully saturated rings. The van der Waals surface area contributed by atoms with Crippen LogP contribution in [0.4, 0.5) is 13.6 Å². The topological polar surface area (TPSA) is 84.6 Å². The minimum atomic E-state index is -1.16. The van der Waals surface area contributed by atoms with Gasteiger partial charge in [-0.3, -0.25) is 4.98 Å². The van der Waals surface area contributed by atoms with Crippen molar-refractivity contribution in [3.8, 4) is 33.9 Å². The highest BCUT2D eigenvalue weighted by atomic mass is 19.1. The van der Waals surface area contributed by atoms with Gasteiger partial charge in [-0.15, -0.1) is 0 Å². The molecule has 0 aliphatic heterocycles. The number of ether oxygens (including phenoxy) is 1. The number of benzene rings is 3. The van der Waals surface area contributed by atoms with Crippen LogP contribution >= 0.6 is 0 Å². The second-order valence-corrected chi connectivity index (χ2v) is 7.76. The average molecular weight is 472 g/mol. The van der Waals surface area contributed by atoms with E-state index in [-0.39, 0.29) is 18.2 Å². The number of hydrogen-bond acceptors (Lipinski definition) is 4. The van der Waals surface area contributed by atoms with Gasteiger partial charge in [-0.25, -0.2) is 13.6 Å². The number of nitrogens with one attached hydrogen (secondary N) is 1. The number of aromatic nitrogens is 1. The van der Waals surface area contributed by atoms with Gasteiger partial charge in [0.15, 0.2) is 0 Å². The van der Waals surface area contributed by atoms with Gasteiger partial charge < -0.3 is 19.6 Å². The summed E-state index contributed by atoms with van der Waals surface area (Å²) in [6, 6.07) is 20.8. The van der Waals surface area contributed by atoms with Gasteiger partial charge >= 0.3 is 6.09 Å². The van der Waals surface area contributed by atoms with Crippen LogP contribution in [0.5, 0.6) is 11.5 Å². The highest BCUT2D eigenvalue weighted by Crippen LogP contribution is 2.36. The fourth-order valence-electron chi connectivity index (χ4n) is 3.70. The summed E-state index contributed by atoms with van der Waals surface area (Å²) in [6.45, 7) is 0.00980. The van der Waals surface area contributed by atoms with Crippen molar-refractivity contribution in [2.75, 3.05) is 0 Å². The lowest BCUT2D eigenvalue weighted by atomic mass is 9.98. The predicted octanol–water partition coefficient (Wildman–Crippen LogP) is 7.00. The Bertz CT molecular complexity index is 1500. The van der Waals surface area contributed by atoms with Crippen LogP contribution < -0.4 is 10.1 Å². The number of pyridine rings is 1. The molecule has 6 nitrogen and oxygen atoms in total. The van der Waals surface area contributed by atoms with E-state index in [1.54, 1.807) is 36.5 Å². The molecule has 8 heteroatoms. The first kappa shape index (κ1) is 22.1. The maximum Gasteiger partial charge on any atom is 0.405 e. The molecular formula is C27H18F2N2O4. The van der Waals surface area contributed by atoms with E-state index in [9.17, 15) is 13.6 Å². The Morgan fingerprint density at radius 2 is 1.57 bits per heavy atom. The minimum absolute atomic E-state index is 0.00980. The van der Waals surface area contributed by atoms with Crippen molar-refractivity contribution in [1.29, 1.82) is 0 Å². The van der Waals surface area contributed by atoms with E-state index in [0.717, 1.165) is 16.5 Å². The van der Waals surface area contributed by atoms with Crippen molar-refractivity contribution in [3.63, 3.8) is 0 Å². The van der Waals surface area contributed by atoms with E-state index < -0.39 is 6.09 Å². The molecule has 0 saturated heterocycles. The van der Waals surface area contributed by atoms with Gasteiger partial charge in [0, 0.05) is 16.5 Å². The standard InChI is InChI=1S/C27H18F2N2O4/c28-19-3-1-16(2-4-19)24-13-17(11-18-12-23(35-26(18)24)15-31-27(32)33)25-10-9-22(14-30-25)34-21-7-5-20(29)6-8-21/h1-14,31H,15H2,(H,32,33). The highest BCUT2D eigenvalue weighted by molar-refractivity contribution is 5.96. The first-order valence-electron chi connectivity index (χ1n) is 10.6. The van der Waals surface area contributed by atoms with Crippen LogP contribution in [0.1, 0.15) is 5.76 Å². The van der Waals surface area contributed by atoms with Crippen molar-refractivity contribution in [2.24, 2.45) is 0 Å². The molecule has 0 saturated carbocycles. The first-order valence-corrected chi connectivity index (χ1v) is 10.6. The number of amides is 1. The van der Waals surface area contributed by atoms with Gasteiger partial charge in [-0.2, -0.15) is 0 Å². The van der Waals surface area contributed by atoms with Crippen LogP contribution in [0, 0.1) is 11.6 Å². The van der Waals surface area contributed by atoms with Gasteiger partial charge in [-0.1, -0.05) is 12.1 Å². The quantitative estimate of drug-likeness (QED) is 0.278. The van der Waals surface area contributed by atoms with Crippen LogP contribution in [-0.2, 0) is 6.54 Å². The zero-order valence-corrected chi connectivity index (χ0v) is 18.2. The number of carboxylic acid groups (broad SMARTS) is 1. The van der Waals surface area contributed by atoms with E-state index in [1.807, 2.05) is 12.1 Å². The molecule has 5 rings (SSSR count). The van der Waals surface area contributed by atoms with Crippen molar-refractivity contribution in [1.82, 2.24) is 10.3 Å². The van der Waals surface area contributed by atoms with Crippen molar-refractivity contribution in [2.45, 2.75) is 6.54 Å². The first-order chi connectivity index (χ1) is 16.9. The smallest absolute Gasteiger partial charge is 0.405 e. The molecule has 174 valence electrons. The second-order valence-electron chi connectivity index (χ2n) is 7.76. The normalized spacial score (nSPS) is 10.9. The molecule has 0 aliphatic carbocycles. The van der Waals surface area contributed by atoms with E-state index >= 15 is 0 Å². The Morgan fingerprint density at radius 3 is 2.23 bits per heavy atom. The van der Waals surface area contributed by atoms with Gasteiger partial charge in [0.2, 0.25) is 0 Å². The monoisotopic (exact) mass is 472 g/mol. The largest absolute Gasteiger partial charge is 0.465 e. The number of rotatable bonds is 6. The average Bonchev–Trinajstić information content (AvgIpc) is 3.28. The molecule has 1 amide bonds. The van der Waals surface area contributed by atoms with E-state index in [0.29, 0.717) is 34.1 Å². The Hall–Kier alpha value is -4.72. The lowest BCUT2D eigenvalue weighted by Gasteiger charge is -2.09. The van der Waals surface area contributed by atoms with E-state index in [2.05, 4.69) is 10.3 Å². The van der Waals surface area contributed by atoms with Crippen LogP contribution in [0.3, 0.4) is 0 Å². The summed E-state index contributed by atoms with van der Waals surface area (Å²) >= 11 is 0. The molecule has 3 aromatic carbocycles. The lowest BCUT2D eigenvalue weighted by molar-refractivity contribution is 0.193. The van der Waals surface area contributed by atoms with Crippen LogP contribution in [0.15, 0.2) is 89.5 Å². The summed E-state index contributed by atoms with van der Waals surface area (Å²) in [5, 5.41) is 11.9. The summed E-state index contributed by atoms with van der Waals surface area (Å²) in [5.41, 5.74) is 3.45. The van der Waals surface area contributed by atoms with Crippen LogP contribution in [0.25, 0.3) is 33.4 Å². The van der Waals surface area contributed by atoms with Crippen LogP contribution in [-0.4, -0.2) is 16.2 Å². The Labute approximate surface area is 198 Å². The molecule has 0 radical (unpaired) electrons. The zero-order chi connectivity index (χ0) is 24.4. The van der Waals surface area contributed by atoms with Crippen molar-refractivity contribution in [3.05, 3.63) is 102 Å². The third-order valence-electron chi connectivity index (χ3n) is 5.32. The third-order valence-corrected chi connectivity index (χ3v) is 5.32. The second kappa shape index (κ2) is 9.26. The molecule has 0 unspecified atom stereocenters. The molecule has 35 heavy (non-hydrogen) atoms. The van der Waals surface area contributed by atoms with Gasteiger partial charge in [0.05, 0.1) is 18.4 Å². The maximum atomic E-state index is 13.5. The molecule has 0 atom stereocenters. The third kappa shape index (κ3) is 4.96. The molecule has 0 spiro atoms. The van der Waals surface area contributed by atoms with Crippen molar-refractivity contribution >= 4 is 17.1 Å². The molecule has 2 aromatic heterocycles. The maximum absolute atomic E-state index is 13.5. The molecule has 2 heterocycles. The molecule has 0 bridgehead atoms. The predicted molar refractivity (Wildman–Crippen MR) is 126 cm³/mol. The number of hydrogen-bond donors (Lipinski definition) is 2. The van der Waals surface area contributed by atoms with Gasteiger partial charge in [0.25, 0.3) is 0 Å². The SMILES string of the molecule is O=C(O)NCc1cc2cc(-c3ccc(Oc4ccc(F)cc4)cn3)cc(-c3ccc(F)cc3)c2o1. The summed E-state index contributed by atoms with van der Waals surface area (Å²) in [7, 11) is 0. The number of nitrogens with zero attached hydrogens (tertiary/aromatic N) is 1. The molecule has 2 N–H and O–H groups in total. The number of halogens is 2. The van der Waals surface area contributed by atoms with Gasteiger partial charge in [-0.05, 0) is 72.3 Å². The number of furan rings is 1. The number of carbonyl (C=O) groups is 1. The number of fused-ring (bicyclic) bond motifs is 1. The summed E-state index contributed by atoms with van der Waals surface area (Å²) in [6.07, 6.45) is 0.412.